The maximum Gasteiger partial charge on any atom is 0.250 e. The second-order valence-electron chi connectivity index (χ2n) is 19.5. The first-order valence-corrected chi connectivity index (χ1v) is 28.0. The zero-order valence-electron chi connectivity index (χ0n) is 42.5. The van der Waals surface area contributed by atoms with Crippen molar-refractivity contribution >= 4 is 57.8 Å². The van der Waals surface area contributed by atoms with Gasteiger partial charge in [0.25, 0.3) is 0 Å². The first-order chi connectivity index (χ1) is 36.2. The third-order valence-corrected chi connectivity index (χ3v) is 17.0. The van der Waals surface area contributed by atoms with Gasteiger partial charge >= 0.3 is 0 Å². The van der Waals surface area contributed by atoms with E-state index in [9.17, 15) is 19.2 Å². The first-order valence-electron chi connectivity index (χ1n) is 26.4. The minimum Gasteiger partial charge on any atom is -0.340 e. The molecule has 1 aromatic heterocycles. The van der Waals surface area contributed by atoms with Crippen LogP contribution in [0.3, 0.4) is 0 Å². The molecule has 1 unspecified atom stereocenters. The number of allylic oxidation sites excluding steroid dienone is 1. The summed E-state index contributed by atoms with van der Waals surface area (Å²) in [6.07, 6.45) is 9.63. The van der Waals surface area contributed by atoms with Crippen molar-refractivity contribution in [2.45, 2.75) is 69.5 Å². The molecule has 4 amide bonds. The Bertz CT molecular complexity index is 2750. The summed E-state index contributed by atoms with van der Waals surface area (Å²) in [5, 5.41) is 10.7. The zero-order valence-corrected chi connectivity index (χ0v) is 44.1. The standard InChI is InChI=1S/C59H69N9O4S2/c1-3-52(73-42(2)50-16-10-32-67(50)59(72)56(48-14-8-5-9-15-48)64-55(70)27-35-66-38-30-61-31-39-66)46-22-18-43(19-23-46)44-20-24-47(25-21-44)53-41-63-57(74-53)51-17-11-33-68(51)58(71)49(45-12-6-4-7-13-45)40-62-54(69)26-34-65-36-28-60-29-37-65/h3-9,12-15,18-25,40-41,49-51,56,60-61H,2,10-11,16-17,26-39H2,1H3,(H,64,70)/b52-3-,62-40?/t49?,50-,51-,56+/m0/s1. The number of aromatic nitrogens is 1. The van der Waals surface area contributed by atoms with Gasteiger partial charge in [-0.3, -0.25) is 19.2 Å². The van der Waals surface area contributed by atoms with Crippen molar-refractivity contribution in [2.75, 3.05) is 78.5 Å². The smallest absolute Gasteiger partial charge is 0.250 e. The number of nitrogens with one attached hydrogen (secondary N) is 3. The molecule has 0 bridgehead atoms. The maximum absolute atomic E-state index is 14.4. The van der Waals surface area contributed by atoms with Crippen LogP contribution in [0.5, 0.6) is 0 Å². The highest BCUT2D eigenvalue weighted by molar-refractivity contribution is 8.11. The Morgan fingerprint density at radius 2 is 1.31 bits per heavy atom. The number of hydrogen-bond acceptors (Lipinski definition) is 11. The second-order valence-corrected chi connectivity index (χ2v) is 21.7. The molecule has 0 aliphatic carbocycles. The fourth-order valence-corrected chi connectivity index (χ4v) is 12.6. The molecule has 3 N–H and O–H groups in total. The lowest BCUT2D eigenvalue weighted by Gasteiger charge is -2.31. The normalized spacial score (nSPS) is 19.7. The molecule has 9 rings (SSSR count). The highest BCUT2D eigenvalue weighted by Gasteiger charge is 2.38. The van der Waals surface area contributed by atoms with Crippen LogP contribution in [0.15, 0.2) is 138 Å². The van der Waals surface area contributed by atoms with Crippen LogP contribution in [0, 0.1) is 0 Å². The summed E-state index contributed by atoms with van der Waals surface area (Å²) in [5.74, 6) is -1.15. The Morgan fingerprint density at radius 3 is 1.96 bits per heavy atom. The lowest BCUT2D eigenvalue weighted by Crippen LogP contribution is -2.47. The summed E-state index contributed by atoms with van der Waals surface area (Å²) in [6.45, 7) is 16.5. The molecule has 5 aromatic rings. The minimum absolute atomic E-state index is 0.0606. The highest BCUT2D eigenvalue weighted by atomic mass is 32.2. The number of carbonyl (C=O) groups is 4. The highest BCUT2D eigenvalue weighted by Crippen LogP contribution is 2.41. The van der Waals surface area contributed by atoms with Gasteiger partial charge in [-0.05, 0) is 66.0 Å². The summed E-state index contributed by atoms with van der Waals surface area (Å²) in [4.78, 5) is 75.7. The quantitative estimate of drug-likeness (QED) is 0.0689. The molecule has 4 fully saturated rings. The van der Waals surface area contributed by atoms with Crippen molar-refractivity contribution in [1.82, 2.24) is 40.5 Å². The van der Waals surface area contributed by atoms with Gasteiger partial charge in [-0.2, -0.15) is 0 Å². The molecule has 0 radical (unpaired) electrons. The monoisotopic (exact) mass is 1030 g/mol. The fourth-order valence-electron chi connectivity index (χ4n) is 10.4. The van der Waals surface area contributed by atoms with Crippen LogP contribution in [0.4, 0.5) is 0 Å². The lowest BCUT2D eigenvalue weighted by atomic mass is 9.98. The average molecular weight is 1030 g/mol. The molecule has 0 saturated carbocycles. The van der Waals surface area contributed by atoms with Crippen molar-refractivity contribution in [3.8, 4) is 21.6 Å². The summed E-state index contributed by atoms with van der Waals surface area (Å²) in [7, 11) is 0. The molecule has 4 atom stereocenters. The van der Waals surface area contributed by atoms with E-state index in [1.165, 1.54) is 0 Å². The summed E-state index contributed by atoms with van der Waals surface area (Å²) >= 11 is 3.24. The fraction of sp³-hybridized carbons (Fsp3) is 0.390. The van der Waals surface area contributed by atoms with E-state index in [1.54, 1.807) is 29.3 Å². The number of carbonyl (C=O) groups excluding carboxylic acids is 4. The SMILES string of the molecule is C=C(S/C(=C\C)c1ccc(-c2ccc(-c3cnc([C@@H]4CCCN4C(=O)C(C=NC(=O)CCN4CCNCC4)c4ccccc4)s3)cc2)cc1)[C@@H]1CCCN1C(=O)[C@H](NC(=O)CCN1CCNCC1)c1ccccc1. The van der Waals surface area contributed by atoms with Gasteiger partial charge in [0, 0.05) is 114 Å². The maximum atomic E-state index is 14.4. The molecular weight excluding hydrogens is 963 g/mol. The van der Waals surface area contributed by atoms with E-state index in [4.69, 9.17) is 4.98 Å². The van der Waals surface area contributed by atoms with Gasteiger partial charge in [-0.1, -0.05) is 134 Å². The first kappa shape index (κ1) is 52.8. The topological polar surface area (TPSA) is 143 Å². The zero-order chi connectivity index (χ0) is 51.2. The molecule has 15 heteroatoms. The van der Waals surface area contributed by atoms with Crippen molar-refractivity contribution < 1.29 is 19.2 Å². The van der Waals surface area contributed by atoms with Gasteiger partial charge in [-0.15, -0.1) is 11.3 Å². The van der Waals surface area contributed by atoms with Crippen LogP contribution in [-0.4, -0.2) is 139 Å². The molecular formula is C59H69N9O4S2. The third kappa shape index (κ3) is 13.4. The van der Waals surface area contributed by atoms with Gasteiger partial charge in [0.2, 0.25) is 23.6 Å². The molecule has 0 spiro atoms. The Kier molecular flexibility index (Phi) is 18.5. The van der Waals surface area contributed by atoms with E-state index in [0.29, 0.717) is 39.0 Å². The number of nitrogens with zero attached hydrogens (tertiary/aromatic N) is 6. The summed E-state index contributed by atoms with van der Waals surface area (Å²) < 4.78 is 0. The van der Waals surface area contributed by atoms with E-state index < -0.39 is 12.0 Å². The molecule has 4 aliphatic rings. The number of thiazole rings is 1. The summed E-state index contributed by atoms with van der Waals surface area (Å²) in [5.41, 5.74) is 5.92. The minimum atomic E-state index is -0.768. The van der Waals surface area contributed by atoms with Crippen LogP contribution >= 0.6 is 23.1 Å². The number of benzene rings is 4. The Balaban J connectivity index is 0.810. The number of piperazine rings is 2. The van der Waals surface area contributed by atoms with Gasteiger partial charge < -0.3 is 35.6 Å². The van der Waals surface area contributed by atoms with Crippen molar-refractivity contribution in [3.63, 3.8) is 0 Å². The van der Waals surface area contributed by atoms with E-state index >= 15 is 0 Å². The van der Waals surface area contributed by atoms with Crippen LogP contribution in [0.2, 0.25) is 0 Å². The van der Waals surface area contributed by atoms with Crippen molar-refractivity contribution in [3.05, 3.63) is 155 Å². The number of aliphatic imine (C=N–C) groups is 1. The lowest BCUT2D eigenvalue weighted by molar-refractivity contribution is -0.137. The second kappa shape index (κ2) is 25.9. The number of amides is 4. The largest absolute Gasteiger partial charge is 0.340 e. The number of thioether (sulfide) groups is 1. The van der Waals surface area contributed by atoms with E-state index in [0.717, 1.165) is 131 Å². The Morgan fingerprint density at radius 1 is 0.730 bits per heavy atom. The molecule has 4 aromatic carbocycles. The number of hydrogen-bond donors (Lipinski definition) is 3. The van der Waals surface area contributed by atoms with Gasteiger partial charge in [0.05, 0.1) is 22.9 Å². The molecule has 4 saturated heterocycles. The summed E-state index contributed by atoms with van der Waals surface area (Å²) in [6, 6.07) is 35.2. The van der Waals surface area contributed by atoms with E-state index in [2.05, 4.69) is 91.9 Å². The number of rotatable bonds is 19. The predicted octanol–water partition coefficient (Wildman–Crippen LogP) is 8.57. The van der Waals surface area contributed by atoms with Gasteiger partial charge in [0.15, 0.2) is 0 Å². The Hall–Kier alpha value is -6.07. The van der Waals surface area contributed by atoms with Crippen molar-refractivity contribution in [2.24, 2.45) is 4.99 Å². The molecule has 5 heterocycles. The Labute approximate surface area is 444 Å². The molecule has 386 valence electrons. The van der Waals surface area contributed by atoms with Crippen LogP contribution in [0.25, 0.3) is 26.5 Å². The van der Waals surface area contributed by atoms with Gasteiger partial charge in [0.1, 0.15) is 11.0 Å². The predicted molar refractivity (Wildman–Crippen MR) is 300 cm³/mol. The molecule has 13 nitrogen and oxygen atoms in total. The van der Waals surface area contributed by atoms with Crippen molar-refractivity contribution in [1.29, 1.82) is 0 Å². The molecule has 74 heavy (non-hydrogen) atoms. The van der Waals surface area contributed by atoms with E-state index in [1.807, 2.05) is 83.6 Å². The van der Waals surface area contributed by atoms with Crippen LogP contribution in [-0.2, 0) is 19.2 Å². The average Bonchev–Trinajstić information content (AvgIpc) is 4.27. The number of likely N-dealkylation sites (tertiary alicyclic amines) is 2. The van der Waals surface area contributed by atoms with Crippen LogP contribution in [0.1, 0.15) is 85.1 Å². The third-order valence-electron chi connectivity index (χ3n) is 14.6. The molecule has 4 aliphatic heterocycles. The van der Waals surface area contributed by atoms with Gasteiger partial charge in [-0.25, -0.2) is 9.98 Å². The van der Waals surface area contributed by atoms with Crippen LogP contribution < -0.4 is 16.0 Å². The van der Waals surface area contributed by atoms with E-state index in [-0.39, 0.29) is 35.7 Å².